The van der Waals surface area contributed by atoms with Crippen molar-refractivity contribution < 1.29 is 19.4 Å². The normalized spacial score (nSPS) is 26.1. The van der Waals surface area contributed by atoms with E-state index in [1.165, 1.54) is 4.90 Å². The first-order valence-corrected chi connectivity index (χ1v) is 9.05. The molecule has 6 nitrogen and oxygen atoms in total. The van der Waals surface area contributed by atoms with E-state index in [1.54, 1.807) is 20.8 Å². The van der Waals surface area contributed by atoms with Crippen molar-refractivity contribution >= 4 is 12.0 Å². The fourth-order valence-electron chi connectivity index (χ4n) is 3.57. The topological polar surface area (TPSA) is 70.1 Å². The number of carbonyl (C=O) groups excluding carboxylic acids is 2. The smallest absolute Gasteiger partial charge is 0.411 e. The summed E-state index contributed by atoms with van der Waals surface area (Å²) < 4.78 is 5.39. The Morgan fingerprint density at radius 3 is 2.25 bits per heavy atom. The van der Waals surface area contributed by atoms with Gasteiger partial charge in [-0.2, -0.15) is 0 Å². The molecule has 2 unspecified atom stereocenters. The van der Waals surface area contributed by atoms with E-state index in [4.69, 9.17) is 4.74 Å². The average Bonchev–Trinajstić information content (AvgIpc) is 2.87. The molecule has 138 valence electrons. The molecule has 2 rings (SSSR count). The van der Waals surface area contributed by atoms with Crippen LogP contribution in [-0.2, 0) is 9.53 Å². The van der Waals surface area contributed by atoms with Gasteiger partial charge in [0.2, 0.25) is 5.91 Å². The molecule has 0 aromatic rings. The molecule has 6 heteroatoms. The summed E-state index contributed by atoms with van der Waals surface area (Å²) in [6, 6.07) is -0.606. The van der Waals surface area contributed by atoms with Crippen molar-refractivity contribution in [2.45, 2.75) is 71.6 Å². The summed E-state index contributed by atoms with van der Waals surface area (Å²) in [6.45, 7) is 11.5. The van der Waals surface area contributed by atoms with Crippen LogP contribution in [0.3, 0.4) is 0 Å². The standard InChI is InChI=1S/C18H32N2O4/c1-12(2)13-6-8-19(9-7-13)16(22)15-10-14(21)11-20(15)17(23)24-18(3,4)5/h12-15,21H,6-11H2,1-5H3. The molecule has 2 aliphatic rings. The third-order valence-electron chi connectivity index (χ3n) is 4.99. The molecule has 0 saturated carbocycles. The predicted molar refractivity (Wildman–Crippen MR) is 91.5 cm³/mol. The molecule has 0 spiro atoms. The van der Waals surface area contributed by atoms with Crippen molar-refractivity contribution in [2.24, 2.45) is 11.8 Å². The van der Waals surface area contributed by atoms with Gasteiger partial charge in [0, 0.05) is 19.5 Å². The number of likely N-dealkylation sites (tertiary alicyclic amines) is 2. The third kappa shape index (κ3) is 4.62. The van der Waals surface area contributed by atoms with Crippen molar-refractivity contribution in [1.82, 2.24) is 9.80 Å². The lowest BCUT2D eigenvalue weighted by molar-refractivity contribution is -0.137. The number of rotatable bonds is 2. The zero-order valence-corrected chi connectivity index (χ0v) is 15.6. The maximum atomic E-state index is 12.9. The van der Waals surface area contributed by atoms with Gasteiger partial charge in [-0.1, -0.05) is 13.8 Å². The maximum Gasteiger partial charge on any atom is 0.411 e. The van der Waals surface area contributed by atoms with E-state index in [0.29, 0.717) is 18.3 Å². The van der Waals surface area contributed by atoms with Gasteiger partial charge in [-0.05, 0) is 45.4 Å². The monoisotopic (exact) mass is 340 g/mol. The van der Waals surface area contributed by atoms with Gasteiger partial charge >= 0.3 is 6.09 Å². The van der Waals surface area contributed by atoms with Crippen molar-refractivity contribution in [3.05, 3.63) is 0 Å². The van der Waals surface area contributed by atoms with E-state index in [1.807, 2.05) is 4.90 Å². The minimum Gasteiger partial charge on any atom is -0.444 e. The number of hydrogen-bond donors (Lipinski definition) is 1. The van der Waals surface area contributed by atoms with Gasteiger partial charge in [-0.25, -0.2) is 4.79 Å². The number of nitrogens with zero attached hydrogens (tertiary/aromatic N) is 2. The lowest BCUT2D eigenvalue weighted by atomic mass is 9.86. The summed E-state index contributed by atoms with van der Waals surface area (Å²) in [5.41, 5.74) is -0.617. The second kappa shape index (κ2) is 7.30. The molecule has 2 heterocycles. The molecular formula is C18H32N2O4. The number of amides is 2. The van der Waals surface area contributed by atoms with Crippen LogP contribution in [0.2, 0.25) is 0 Å². The summed E-state index contributed by atoms with van der Waals surface area (Å²) >= 11 is 0. The Hall–Kier alpha value is -1.30. The van der Waals surface area contributed by atoms with Gasteiger partial charge in [0.15, 0.2) is 0 Å². The molecule has 2 saturated heterocycles. The fraction of sp³-hybridized carbons (Fsp3) is 0.889. The van der Waals surface area contributed by atoms with E-state index >= 15 is 0 Å². The number of hydrogen-bond acceptors (Lipinski definition) is 4. The molecular weight excluding hydrogens is 308 g/mol. The Bertz CT molecular complexity index is 464. The number of ether oxygens (including phenoxy) is 1. The molecule has 2 aliphatic heterocycles. The van der Waals surface area contributed by atoms with Crippen LogP contribution in [0.15, 0.2) is 0 Å². The molecule has 2 fully saturated rings. The van der Waals surface area contributed by atoms with Crippen molar-refractivity contribution in [3.63, 3.8) is 0 Å². The van der Waals surface area contributed by atoms with Crippen LogP contribution < -0.4 is 0 Å². The third-order valence-corrected chi connectivity index (χ3v) is 4.99. The van der Waals surface area contributed by atoms with Crippen LogP contribution in [0.5, 0.6) is 0 Å². The number of aliphatic hydroxyl groups excluding tert-OH is 1. The highest BCUT2D eigenvalue weighted by Gasteiger charge is 2.43. The van der Waals surface area contributed by atoms with E-state index in [2.05, 4.69) is 13.8 Å². The molecule has 2 amide bonds. The lowest BCUT2D eigenvalue weighted by Crippen LogP contribution is -2.51. The number of aliphatic hydroxyl groups is 1. The summed E-state index contributed by atoms with van der Waals surface area (Å²) in [6.07, 6.45) is 1.12. The zero-order chi connectivity index (χ0) is 18.1. The highest BCUT2D eigenvalue weighted by Crippen LogP contribution is 2.28. The zero-order valence-electron chi connectivity index (χ0n) is 15.6. The fourth-order valence-corrected chi connectivity index (χ4v) is 3.57. The van der Waals surface area contributed by atoms with E-state index in [-0.39, 0.29) is 12.5 Å². The number of piperidine rings is 1. The van der Waals surface area contributed by atoms with Gasteiger partial charge in [0.1, 0.15) is 11.6 Å². The molecule has 0 radical (unpaired) electrons. The summed E-state index contributed by atoms with van der Waals surface area (Å²) in [5, 5.41) is 9.96. The summed E-state index contributed by atoms with van der Waals surface area (Å²) in [4.78, 5) is 28.5. The second-order valence-corrected chi connectivity index (χ2v) is 8.44. The van der Waals surface area contributed by atoms with Crippen molar-refractivity contribution in [1.29, 1.82) is 0 Å². The molecule has 2 atom stereocenters. The van der Waals surface area contributed by atoms with Crippen LogP contribution in [0.1, 0.15) is 53.9 Å². The van der Waals surface area contributed by atoms with Gasteiger partial charge < -0.3 is 14.7 Å². The number of β-amino-alcohol motifs (C(OH)–C–C–N with tert-alkyl or cyclic N) is 1. The van der Waals surface area contributed by atoms with Crippen LogP contribution in [0.25, 0.3) is 0 Å². The minimum absolute atomic E-state index is 0.0559. The van der Waals surface area contributed by atoms with Crippen LogP contribution in [0.4, 0.5) is 4.79 Å². The predicted octanol–water partition coefficient (Wildman–Crippen LogP) is 2.25. The largest absolute Gasteiger partial charge is 0.444 e. The molecule has 0 aromatic carbocycles. The molecule has 0 bridgehead atoms. The van der Waals surface area contributed by atoms with Crippen molar-refractivity contribution in [3.8, 4) is 0 Å². The van der Waals surface area contributed by atoms with E-state index in [0.717, 1.165) is 25.9 Å². The number of carbonyl (C=O) groups is 2. The molecule has 0 aliphatic carbocycles. The first-order valence-electron chi connectivity index (χ1n) is 9.05. The maximum absolute atomic E-state index is 12.9. The van der Waals surface area contributed by atoms with E-state index in [9.17, 15) is 14.7 Å². The minimum atomic E-state index is -0.667. The quantitative estimate of drug-likeness (QED) is 0.837. The SMILES string of the molecule is CC(C)C1CCN(C(=O)C2CC(O)CN2C(=O)OC(C)(C)C)CC1. The second-order valence-electron chi connectivity index (χ2n) is 8.44. The van der Waals surface area contributed by atoms with Gasteiger partial charge in [-0.15, -0.1) is 0 Å². The Labute approximate surface area is 145 Å². The van der Waals surface area contributed by atoms with Crippen molar-refractivity contribution in [2.75, 3.05) is 19.6 Å². The van der Waals surface area contributed by atoms with E-state index < -0.39 is 23.8 Å². The summed E-state index contributed by atoms with van der Waals surface area (Å²) in [5.74, 6) is 1.23. The van der Waals surface area contributed by atoms with Gasteiger partial charge in [0.05, 0.1) is 12.6 Å². The highest BCUT2D eigenvalue weighted by atomic mass is 16.6. The van der Waals surface area contributed by atoms with Gasteiger partial charge in [-0.3, -0.25) is 9.69 Å². The van der Waals surface area contributed by atoms with Crippen LogP contribution >= 0.6 is 0 Å². The summed E-state index contributed by atoms with van der Waals surface area (Å²) in [7, 11) is 0. The Kier molecular flexibility index (Phi) is 5.78. The lowest BCUT2D eigenvalue weighted by Gasteiger charge is -2.36. The first kappa shape index (κ1) is 19.0. The Morgan fingerprint density at radius 2 is 1.75 bits per heavy atom. The average molecular weight is 340 g/mol. The van der Waals surface area contributed by atoms with Crippen LogP contribution in [0, 0.1) is 11.8 Å². The Balaban J connectivity index is 2.00. The first-order chi connectivity index (χ1) is 11.1. The molecule has 0 aromatic heterocycles. The Morgan fingerprint density at radius 1 is 1.17 bits per heavy atom. The molecule has 1 N–H and O–H groups in total. The highest BCUT2D eigenvalue weighted by molar-refractivity contribution is 5.86. The van der Waals surface area contributed by atoms with Gasteiger partial charge in [0.25, 0.3) is 0 Å². The van der Waals surface area contributed by atoms with Crippen LogP contribution in [-0.4, -0.2) is 64.3 Å². The molecule has 24 heavy (non-hydrogen) atoms.